The van der Waals surface area contributed by atoms with Crippen LogP contribution >= 0.6 is 0 Å². The average molecular weight is 375 g/mol. The number of amidine groups is 1. The van der Waals surface area contributed by atoms with E-state index >= 15 is 0 Å². The Morgan fingerprint density at radius 2 is 1.71 bits per heavy atom. The molecule has 140 valence electrons. The molecule has 0 aromatic heterocycles. The molecule has 3 rings (SSSR count). The molecular weight excluding hydrogens is 358 g/mol. The molecule has 0 fully saturated rings. The molecule has 28 heavy (non-hydrogen) atoms. The van der Waals surface area contributed by atoms with Crippen LogP contribution in [0.5, 0.6) is 5.75 Å². The minimum atomic E-state index is -0.555. The first-order valence-corrected chi connectivity index (χ1v) is 8.33. The number of fused-ring (bicyclic) bond motifs is 1. The molecule has 1 aliphatic rings. The number of phenolic OH excluding ortho intramolecular Hbond substituents is 1. The molecule has 1 aliphatic heterocycles. The fraction of sp³-hybridized carbons (Fsp3) is 0.100. The molecule has 8 nitrogen and oxygen atoms in total. The zero-order valence-corrected chi connectivity index (χ0v) is 15.2. The van der Waals surface area contributed by atoms with Crippen molar-refractivity contribution in [2.24, 2.45) is 4.99 Å². The number of para-hydroxylation sites is 1. The van der Waals surface area contributed by atoms with Gasteiger partial charge in [-0.3, -0.25) is 20.4 Å². The highest BCUT2D eigenvalue weighted by atomic mass is 16.3. The van der Waals surface area contributed by atoms with Crippen molar-refractivity contribution in [2.45, 2.75) is 0 Å². The Balaban J connectivity index is 1.94. The first kappa shape index (κ1) is 18.7. The van der Waals surface area contributed by atoms with Gasteiger partial charge in [-0.15, -0.1) is 0 Å². The summed E-state index contributed by atoms with van der Waals surface area (Å²) in [6.07, 6.45) is 0. The van der Waals surface area contributed by atoms with Crippen molar-refractivity contribution < 1.29 is 14.7 Å². The van der Waals surface area contributed by atoms with Gasteiger partial charge in [-0.25, -0.2) is 4.99 Å². The fourth-order valence-electron chi connectivity index (χ4n) is 2.69. The molecule has 2 aromatic carbocycles. The molecule has 2 amide bonds. The van der Waals surface area contributed by atoms with E-state index in [0.29, 0.717) is 11.1 Å². The highest BCUT2D eigenvalue weighted by molar-refractivity contribution is 6.15. The number of nitrogens with zero attached hydrogens (tertiary/aromatic N) is 3. The number of hydrogen-bond acceptors (Lipinski definition) is 6. The van der Waals surface area contributed by atoms with Gasteiger partial charge in [0.1, 0.15) is 17.4 Å². The number of carbonyl (C=O) groups is 2. The van der Waals surface area contributed by atoms with Gasteiger partial charge in [0.2, 0.25) is 0 Å². The quantitative estimate of drug-likeness (QED) is 0.417. The number of likely N-dealkylation sites (N-methyl/N-ethyl adjacent to an activating group) is 1. The normalized spacial score (nSPS) is 13.7. The molecule has 8 heteroatoms. The van der Waals surface area contributed by atoms with Crippen LogP contribution in [-0.4, -0.2) is 41.8 Å². The number of amides is 2. The van der Waals surface area contributed by atoms with E-state index in [1.165, 1.54) is 17.0 Å². The number of nitriles is 1. The van der Waals surface area contributed by atoms with Crippen LogP contribution in [-0.2, 0) is 4.79 Å². The lowest BCUT2D eigenvalue weighted by molar-refractivity contribution is -0.124. The standard InChI is InChI=1S/C20H17N5O3/c1-25(2)20(28)15(11-21)17-12-7-3-4-8-13(12)18(22-17)23-24-19(27)14-9-5-6-10-16(14)26/h3-10,26H,1-2H3,(H,22,23)(H,24,27)/b17-15-. The predicted molar refractivity (Wildman–Crippen MR) is 103 cm³/mol. The van der Waals surface area contributed by atoms with Crippen LogP contribution in [0.3, 0.4) is 0 Å². The van der Waals surface area contributed by atoms with Gasteiger partial charge in [-0.05, 0) is 12.1 Å². The monoisotopic (exact) mass is 375 g/mol. The minimum absolute atomic E-state index is 0.0955. The third-order valence-electron chi connectivity index (χ3n) is 4.07. The topological polar surface area (TPSA) is 118 Å². The van der Waals surface area contributed by atoms with Crippen LogP contribution in [0.25, 0.3) is 5.70 Å². The zero-order valence-electron chi connectivity index (χ0n) is 15.2. The summed E-state index contributed by atoms with van der Waals surface area (Å²) >= 11 is 0. The van der Waals surface area contributed by atoms with Crippen molar-refractivity contribution in [1.29, 1.82) is 5.26 Å². The number of carbonyl (C=O) groups excluding carboxylic acids is 2. The first-order chi connectivity index (χ1) is 13.4. The molecule has 0 bridgehead atoms. The number of rotatable bonds is 2. The Labute approximate surface area is 161 Å². The van der Waals surface area contributed by atoms with Crippen molar-refractivity contribution in [1.82, 2.24) is 15.8 Å². The Hall–Kier alpha value is -4.12. The van der Waals surface area contributed by atoms with E-state index in [4.69, 9.17) is 0 Å². The molecule has 0 spiro atoms. The number of aromatic hydroxyl groups is 1. The molecule has 0 unspecified atom stereocenters. The highest BCUT2D eigenvalue weighted by Gasteiger charge is 2.27. The summed E-state index contributed by atoms with van der Waals surface area (Å²) in [4.78, 5) is 30.3. The Kier molecular flexibility index (Phi) is 5.09. The highest BCUT2D eigenvalue weighted by Crippen LogP contribution is 2.30. The van der Waals surface area contributed by atoms with Gasteiger partial charge in [0.25, 0.3) is 11.8 Å². The van der Waals surface area contributed by atoms with Crippen molar-refractivity contribution in [3.8, 4) is 11.8 Å². The van der Waals surface area contributed by atoms with Crippen molar-refractivity contribution in [3.05, 3.63) is 70.8 Å². The Morgan fingerprint density at radius 3 is 2.36 bits per heavy atom. The summed E-state index contributed by atoms with van der Waals surface area (Å²) in [7, 11) is 3.10. The molecule has 0 saturated heterocycles. The van der Waals surface area contributed by atoms with Gasteiger partial charge in [-0.2, -0.15) is 5.26 Å². The smallest absolute Gasteiger partial charge is 0.273 e. The van der Waals surface area contributed by atoms with E-state index in [-0.39, 0.29) is 28.4 Å². The maximum Gasteiger partial charge on any atom is 0.273 e. The number of hydrogen-bond donors (Lipinski definition) is 3. The number of nitrogens with one attached hydrogen (secondary N) is 2. The van der Waals surface area contributed by atoms with Crippen LogP contribution in [0.4, 0.5) is 0 Å². The lowest BCUT2D eigenvalue weighted by Crippen LogP contribution is -2.41. The molecule has 0 saturated carbocycles. The van der Waals surface area contributed by atoms with Crippen LogP contribution in [0.15, 0.2) is 59.1 Å². The first-order valence-electron chi connectivity index (χ1n) is 8.33. The minimum Gasteiger partial charge on any atom is -0.507 e. The second-order valence-electron chi connectivity index (χ2n) is 6.14. The number of benzene rings is 2. The Bertz CT molecular complexity index is 1060. The molecule has 1 heterocycles. The van der Waals surface area contributed by atoms with Crippen LogP contribution < -0.4 is 10.9 Å². The summed E-state index contributed by atoms with van der Waals surface area (Å²) in [5.74, 6) is -0.885. The number of hydrazine groups is 1. The third kappa shape index (κ3) is 3.41. The maximum atomic E-state index is 12.3. The zero-order chi connectivity index (χ0) is 20.3. The second kappa shape index (κ2) is 7.63. The van der Waals surface area contributed by atoms with Crippen LogP contribution in [0.2, 0.25) is 0 Å². The van der Waals surface area contributed by atoms with Crippen molar-refractivity contribution in [3.63, 3.8) is 0 Å². The molecule has 2 aromatic rings. The van der Waals surface area contributed by atoms with E-state index < -0.39 is 11.8 Å². The van der Waals surface area contributed by atoms with E-state index in [1.54, 1.807) is 50.5 Å². The molecule has 0 aliphatic carbocycles. The van der Waals surface area contributed by atoms with Gasteiger partial charge >= 0.3 is 0 Å². The summed E-state index contributed by atoms with van der Waals surface area (Å²) < 4.78 is 0. The lowest BCUT2D eigenvalue weighted by Gasteiger charge is -2.10. The number of phenols is 1. The van der Waals surface area contributed by atoms with E-state index in [0.717, 1.165) is 0 Å². The fourth-order valence-corrected chi connectivity index (χ4v) is 2.69. The van der Waals surface area contributed by atoms with Gasteiger partial charge in [0.05, 0.1) is 11.3 Å². The van der Waals surface area contributed by atoms with Crippen LogP contribution in [0, 0.1) is 11.3 Å². The van der Waals surface area contributed by atoms with Crippen LogP contribution in [0.1, 0.15) is 21.5 Å². The molecular formula is C20H17N5O3. The summed E-state index contributed by atoms with van der Waals surface area (Å²) in [6.45, 7) is 0. The average Bonchev–Trinajstić information content (AvgIpc) is 3.05. The number of aliphatic imine (C=N–C) groups is 1. The molecule has 0 radical (unpaired) electrons. The summed E-state index contributed by atoms with van der Waals surface area (Å²) in [5.41, 5.74) is 6.65. The maximum absolute atomic E-state index is 12.3. The van der Waals surface area contributed by atoms with Gasteiger partial charge in [0, 0.05) is 25.2 Å². The molecule has 3 N–H and O–H groups in total. The van der Waals surface area contributed by atoms with Crippen molar-refractivity contribution >= 4 is 23.3 Å². The summed E-state index contributed by atoms with van der Waals surface area (Å²) in [5, 5.41) is 19.3. The SMILES string of the molecule is CN(C)C(=O)/C(C#N)=C1\N=C(NNC(=O)c2ccccc2O)c2ccccc21. The van der Waals surface area contributed by atoms with Gasteiger partial charge in [0.15, 0.2) is 5.84 Å². The predicted octanol–water partition coefficient (Wildman–Crippen LogP) is 1.41. The van der Waals surface area contributed by atoms with E-state index in [1.807, 2.05) is 6.07 Å². The second-order valence-corrected chi connectivity index (χ2v) is 6.14. The van der Waals surface area contributed by atoms with Gasteiger partial charge < -0.3 is 10.0 Å². The third-order valence-corrected chi connectivity index (χ3v) is 4.07. The Morgan fingerprint density at radius 1 is 1.07 bits per heavy atom. The largest absolute Gasteiger partial charge is 0.507 e. The van der Waals surface area contributed by atoms with Gasteiger partial charge in [-0.1, -0.05) is 36.4 Å². The molecule has 0 atom stereocenters. The lowest BCUT2D eigenvalue weighted by atomic mass is 10.0. The van der Waals surface area contributed by atoms with E-state index in [9.17, 15) is 20.0 Å². The summed E-state index contributed by atoms with van der Waals surface area (Å²) in [6, 6.07) is 15.1. The van der Waals surface area contributed by atoms with E-state index in [2.05, 4.69) is 15.8 Å². The van der Waals surface area contributed by atoms with Crippen molar-refractivity contribution in [2.75, 3.05) is 14.1 Å².